The summed E-state index contributed by atoms with van der Waals surface area (Å²) in [6.07, 6.45) is 27.3. The van der Waals surface area contributed by atoms with Gasteiger partial charge < -0.3 is 9.47 Å². The van der Waals surface area contributed by atoms with E-state index in [2.05, 4.69) is 13.8 Å². The predicted octanol–water partition coefficient (Wildman–Crippen LogP) is 9.95. The molecular weight excluding hydrogens is 460 g/mol. The van der Waals surface area contributed by atoms with Gasteiger partial charge in [0.1, 0.15) is 5.75 Å². The number of carbonyl (C=O) groups is 1. The average Bonchev–Trinajstić information content (AvgIpc) is 3.07. The molecule has 4 nitrogen and oxygen atoms in total. The van der Waals surface area contributed by atoms with Crippen molar-refractivity contribution in [3.8, 4) is 11.5 Å². The molecule has 0 N–H and O–H groups in total. The first-order chi connectivity index (χ1) is 18.2. The van der Waals surface area contributed by atoms with Crippen LogP contribution in [0.5, 0.6) is 11.5 Å². The fourth-order valence-corrected chi connectivity index (χ4v) is 4.60. The Morgan fingerprint density at radius 2 is 1.00 bits per heavy atom. The highest BCUT2D eigenvalue weighted by atomic mass is 16.5. The minimum atomic E-state index is -0.338. The molecule has 1 aromatic carbocycles. The lowest BCUT2D eigenvalue weighted by molar-refractivity contribution is -0.134. The lowest BCUT2D eigenvalue weighted by Gasteiger charge is -2.05. The van der Waals surface area contributed by atoms with Gasteiger partial charge in [-0.25, -0.2) is 0 Å². The second kappa shape index (κ2) is 24.5. The summed E-state index contributed by atoms with van der Waals surface area (Å²) in [4.78, 5) is 24.3. The van der Waals surface area contributed by atoms with Crippen molar-refractivity contribution in [1.29, 1.82) is 0 Å². The van der Waals surface area contributed by atoms with Crippen LogP contribution in [0.15, 0.2) is 29.1 Å². The number of unbranched alkanes of at least 4 members (excludes halogenated alkanes) is 19. The summed E-state index contributed by atoms with van der Waals surface area (Å²) in [6.45, 7) is 5.09. The zero-order chi connectivity index (χ0) is 26.8. The monoisotopic (exact) mass is 516 g/mol. The lowest BCUT2D eigenvalue weighted by atomic mass is 10.0. The second-order valence-electron chi connectivity index (χ2n) is 10.6. The topological polar surface area (TPSA) is 52.6 Å². The molecule has 1 rings (SSSR count). The maximum Gasteiger partial charge on any atom is 0.311 e. The van der Waals surface area contributed by atoms with E-state index in [1.54, 1.807) is 18.2 Å². The van der Waals surface area contributed by atoms with Gasteiger partial charge in [0.15, 0.2) is 5.75 Å². The highest BCUT2D eigenvalue weighted by Crippen LogP contribution is 2.15. The zero-order valence-corrected chi connectivity index (χ0v) is 24.2. The van der Waals surface area contributed by atoms with Crippen LogP contribution in [-0.4, -0.2) is 12.6 Å². The van der Waals surface area contributed by atoms with Crippen LogP contribution in [0.2, 0.25) is 0 Å². The van der Waals surface area contributed by atoms with Crippen LogP contribution < -0.4 is 14.9 Å². The van der Waals surface area contributed by atoms with Gasteiger partial charge in [0, 0.05) is 6.42 Å². The van der Waals surface area contributed by atoms with Crippen molar-refractivity contribution < 1.29 is 14.3 Å². The summed E-state index contributed by atoms with van der Waals surface area (Å²) in [5.41, 5.74) is -0.295. The average molecular weight is 517 g/mol. The van der Waals surface area contributed by atoms with Gasteiger partial charge in [0.25, 0.3) is 0 Å². The fraction of sp³-hybridized carbons (Fsp3) is 0.758. The van der Waals surface area contributed by atoms with Gasteiger partial charge in [0.05, 0.1) is 6.61 Å². The number of rotatable bonds is 25. The summed E-state index contributed by atoms with van der Waals surface area (Å²) in [7, 11) is 0. The first-order valence-electron chi connectivity index (χ1n) is 15.6. The molecule has 0 atom stereocenters. The summed E-state index contributed by atoms with van der Waals surface area (Å²) < 4.78 is 11.1. The first kappa shape index (κ1) is 33.2. The van der Waals surface area contributed by atoms with Gasteiger partial charge in [-0.15, -0.1) is 0 Å². The molecule has 0 radical (unpaired) electrons. The third kappa shape index (κ3) is 19.9. The molecule has 0 saturated heterocycles. The van der Waals surface area contributed by atoms with Crippen LogP contribution >= 0.6 is 0 Å². The van der Waals surface area contributed by atoms with Crippen LogP contribution in [0.1, 0.15) is 155 Å². The zero-order valence-electron chi connectivity index (χ0n) is 24.2. The van der Waals surface area contributed by atoms with E-state index in [0.717, 1.165) is 25.7 Å². The van der Waals surface area contributed by atoms with Gasteiger partial charge >= 0.3 is 5.97 Å². The Labute approximate surface area is 227 Å². The maximum absolute atomic E-state index is 12.2. The Kier molecular flexibility index (Phi) is 22.0. The number of carbonyl (C=O) groups excluding carboxylic acids is 1. The van der Waals surface area contributed by atoms with Crippen molar-refractivity contribution in [3.63, 3.8) is 0 Å². The van der Waals surface area contributed by atoms with Gasteiger partial charge in [-0.2, -0.15) is 0 Å². The molecule has 0 saturated carbocycles. The molecule has 0 fully saturated rings. The number of esters is 1. The molecule has 37 heavy (non-hydrogen) atoms. The van der Waals surface area contributed by atoms with E-state index in [1.165, 1.54) is 115 Å². The molecule has 0 aliphatic carbocycles. The van der Waals surface area contributed by atoms with Crippen molar-refractivity contribution in [2.24, 2.45) is 0 Å². The fourth-order valence-electron chi connectivity index (χ4n) is 4.60. The molecule has 0 bridgehead atoms. The quantitative estimate of drug-likeness (QED) is 0.0958. The van der Waals surface area contributed by atoms with Crippen LogP contribution in [0.4, 0.5) is 0 Å². The minimum Gasteiger partial charge on any atom is -0.494 e. The van der Waals surface area contributed by atoms with Crippen molar-refractivity contribution in [3.05, 3.63) is 34.5 Å². The molecule has 0 aliphatic heterocycles. The molecule has 0 aliphatic rings. The highest BCUT2D eigenvalue weighted by Gasteiger charge is 2.07. The Balaban J connectivity index is 2.03. The molecular formula is C33H56O4. The van der Waals surface area contributed by atoms with Crippen LogP contribution in [0.3, 0.4) is 0 Å². The largest absolute Gasteiger partial charge is 0.494 e. The first-order valence-corrected chi connectivity index (χ1v) is 15.6. The minimum absolute atomic E-state index is 0.0795. The predicted molar refractivity (Wildman–Crippen MR) is 157 cm³/mol. The van der Waals surface area contributed by atoms with E-state index in [0.29, 0.717) is 18.8 Å². The molecule has 212 valence electrons. The lowest BCUT2D eigenvalue weighted by Crippen LogP contribution is -2.12. The molecule has 0 aromatic heterocycles. The third-order valence-corrected chi connectivity index (χ3v) is 7.02. The smallest absolute Gasteiger partial charge is 0.311 e. The van der Waals surface area contributed by atoms with Gasteiger partial charge in [0.2, 0.25) is 5.43 Å². The third-order valence-electron chi connectivity index (χ3n) is 7.02. The van der Waals surface area contributed by atoms with Gasteiger partial charge in [-0.3, -0.25) is 9.59 Å². The van der Waals surface area contributed by atoms with Gasteiger partial charge in [-0.1, -0.05) is 136 Å². The van der Waals surface area contributed by atoms with E-state index >= 15 is 0 Å². The number of hydrogen-bond donors (Lipinski definition) is 0. The SMILES string of the molecule is CCCCCCCCCCCCCCCCCCOc1ccc(OC(=O)CCCCCCC)c(=O)cc1. The number of hydrogen-bond acceptors (Lipinski definition) is 4. The summed E-state index contributed by atoms with van der Waals surface area (Å²) in [5, 5.41) is 0. The van der Waals surface area contributed by atoms with Crippen LogP contribution in [-0.2, 0) is 4.79 Å². The Morgan fingerprint density at radius 3 is 1.51 bits per heavy atom. The maximum atomic E-state index is 12.2. The highest BCUT2D eigenvalue weighted by molar-refractivity contribution is 5.72. The van der Waals surface area contributed by atoms with Crippen molar-refractivity contribution in [2.45, 2.75) is 155 Å². The van der Waals surface area contributed by atoms with E-state index < -0.39 is 0 Å². The van der Waals surface area contributed by atoms with Gasteiger partial charge in [-0.05, 0) is 37.1 Å². The molecule has 1 aromatic rings. The second-order valence-corrected chi connectivity index (χ2v) is 10.6. The Bertz CT molecular complexity index is 730. The van der Waals surface area contributed by atoms with E-state index in [1.807, 2.05) is 0 Å². The van der Waals surface area contributed by atoms with Crippen molar-refractivity contribution in [2.75, 3.05) is 6.61 Å². The Hall–Kier alpha value is -1.84. The van der Waals surface area contributed by atoms with Crippen LogP contribution in [0.25, 0.3) is 0 Å². The van der Waals surface area contributed by atoms with Crippen molar-refractivity contribution >= 4 is 5.97 Å². The molecule has 0 unspecified atom stereocenters. The molecule has 0 heterocycles. The summed E-state index contributed by atoms with van der Waals surface area (Å²) >= 11 is 0. The van der Waals surface area contributed by atoms with E-state index in [4.69, 9.17) is 9.47 Å². The summed E-state index contributed by atoms with van der Waals surface area (Å²) in [6, 6.07) is 6.36. The standard InChI is InChI=1S/C33H56O4/c1-3-5-7-9-10-11-12-13-14-15-16-17-18-19-21-23-29-36-30-25-27-31(34)32(28-26-30)37-33(35)24-22-20-8-6-4-2/h25-28H,3-24,29H2,1-2H3. The molecule has 0 amide bonds. The van der Waals surface area contributed by atoms with Crippen molar-refractivity contribution in [1.82, 2.24) is 0 Å². The van der Waals surface area contributed by atoms with E-state index in [9.17, 15) is 9.59 Å². The molecule has 4 heteroatoms. The Morgan fingerprint density at radius 1 is 0.568 bits per heavy atom. The normalized spacial score (nSPS) is 11.0. The molecule has 0 spiro atoms. The van der Waals surface area contributed by atoms with E-state index in [-0.39, 0.29) is 17.1 Å². The number of ether oxygens (including phenoxy) is 2. The van der Waals surface area contributed by atoms with Crippen LogP contribution in [0, 0.1) is 0 Å². The summed E-state index contributed by atoms with van der Waals surface area (Å²) in [5.74, 6) is 0.381.